The first kappa shape index (κ1) is 15.7. The van der Waals surface area contributed by atoms with Gasteiger partial charge in [-0.1, -0.05) is 19.8 Å². The van der Waals surface area contributed by atoms with Crippen LogP contribution in [0.15, 0.2) is 18.7 Å². The quantitative estimate of drug-likeness (QED) is 0.696. The molecule has 0 radical (unpaired) electrons. The first-order chi connectivity index (χ1) is 9.06. The fraction of sp³-hybridized carbons (Fsp3) is 0.714. The Balaban J connectivity index is 2.19. The van der Waals surface area contributed by atoms with Crippen LogP contribution in [0.1, 0.15) is 40.0 Å². The van der Waals surface area contributed by atoms with Gasteiger partial charge in [0.15, 0.2) is 0 Å². The Bertz CT molecular complexity index is 361. The summed E-state index contributed by atoms with van der Waals surface area (Å²) in [5.74, 6) is -0.0651. The van der Waals surface area contributed by atoms with Crippen LogP contribution in [0, 0.1) is 0 Å². The zero-order valence-electron chi connectivity index (χ0n) is 12.2. The monoisotopic (exact) mass is 267 g/mol. The number of imidazole rings is 1. The Morgan fingerprint density at radius 3 is 2.84 bits per heavy atom. The van der Waals surface area contributed by atoms with Gasteiger partial charge in [0.1, 0.15) is 6.61 Å². The predicted molar refractivity (Wildman–Crippen MR) is 74.9 cm³/mol. The Labute approximate surface area is 115 Å². The highest BCUT2D eigenvalue weighted by molar-refractivity contribution is 5.77. The van der Waals surface area contributed by atoms with Crippen LogP contribution < -0.4 is 5.32 Å². The first-order valence-corrected chi connectivity index (χ1v) is 6.89. The minimum Gasteiger partial charge on any atom is -0.372 e. The molecule has 0 saturated carbocycles. The summed E-state index contributed by atoms with van der Waals surface area (Å²) in [6, 6.07) is 0. The van der Waals surface area contributed by atoms with E-state index in [4.69, 9.17) is 4.74 Å². The minimum atomic E-state index is -0.186. The largest absolute Gasteiger partial charge is 0.372 e. The number of rotatable bonds is 9. The molecule has 5 nitrogen and oxygen atoms in total. The standard InChI is InChI=1S/C14H25N3O2/c1-4-5-6-9-19-10-13(18)16-11-14(2,3)17-8-7-15-12-17/h7-8,12H,4-6,9-11H2,1-3H3,(H,16,18). The third kappa shape index (κ3) is 5.87. The summed E-state index contributed by atoms with van der Waals surface area (Å²) in [5, 5.41) is 2.89. The van der Waals surface area contributed by atoms with Crippen molar-refractivity contribution in [2.45, 2.75) is 45.6 Å². The molecule has 5 heteroatoms. The van der Waals surface area contributed by atoms with Crippen LogP contribution in [0.2, 0.25) is 0 Å². The molecule has 0 unspecified atom stereocenters. The van der Waals surface area contributed by atoms with Crippen LogP contribution >= 0.6 is 0 Å². The Morgan fingerprint density at radius 2 is 2.21 bits per heavy atom. The molecular formula is C14H25N3O2. The summed E-state index contributed by atoms with van der Waals surface area (Å²) in [6.45, 7) is 7.61. The van der Waals surface area contributed by atoms with Crippen molar-refractivity contribution in [2.24, 2.45) is 0 Å². The molecule has 1 N–H and O–H groups in total. The maximum absolute atomic E-state index is 11.6. The summed E-state index contributed by atoms with van der Waals surface area (Å²) in [4.78, 5) is 15.7. The molecule has 0 saturated heterocycles. The van der Waals surface area contributed by atoms with Crippen LogP contribution in [0.5, 0.6) is 0 Å². The van der Waals surface area contributed by atoms with Crippen molar-refractivity contribution in [2.75, 3.05) is 19.8 Å². The van der Waals surface area contributed by atoms with Crippen LogP contribution in [0.25, 0.3) is 0 Å². The Morgan fingerprint density at radius 1 is 1.42 bits per heavy atom. The molecule has 0 aliphatic carbocycles. The van der Waals surface area contributed by atoms with Crippen molar-refractivity contribution >= 4 is 5.91 Å². The van der Waals surface area contributed by atoms with E-state index in [0.29, 0.717) is 13.2 Å². The highest BCUT2D eigenvalue weighted by Crippen LogP contribution is 2.12. The first-order valence-electron chi connectivity index (χ1n) is 6.89. The minimum absolute atomic E-state index is 0.0651. The number of aromatic nitrogens is 2. The highest BCUT2D eigenvalue weighted by Gasteiger charge is 2.20. The zero-order chi connectivity index (χ0) is 14.1. The number of nitrogens with one attached hydrogen (secondary N) is 1. The second-order valence-corrected chi connectivity index (χ2v) is 5.32. The summed E-state index contributed by atoms with van der Waals surface area (Å²) in [6.07, 6.45) is 8.72. The molecule has 0 fully saturated rings. The van der Waals surface area contributed by atoms with Crippen molar-refractivity contribution in [3.63, 3.8) is 0 Å². The average Bonchev–Trinajstić information content (AvgIpc) is 2.91. The van der Waals surface area contributed by atoms with Gasteiger partial charge in [-0.05, 0) is 20.3 Å². The van der Waals surface area contributed by atoms with Gasteiger partial charge in [-0.15, -0.1) is 0 Å². The lowest BCUT2D eigenvalue weighted by molar-refractivity contribution is -0.126. The smallest absolute Gasteiger partial charge is 0.246 e. The Hall–Kier alpha value is -1.36. The number of unbranched alkanes of at least 4 members (excludes halogenated alkanes) is 2. The van der Waals surface area contributed by atoms with Gasteiger partial charge in [0.05, 0.1) is 11.9 Å². The lowest BCUT2D eigenvalue weighted by Crippen LogP contribution is -2.41. The van der Waals surface area contributed by atoms with Crippen molar-refractivity contribution < 1.29 is 9.53 Å². The number of hydrogen-bond acceptors (Lipinski definition) is 3. The number of ether oxygens (including phenoxy) is 1. The molecular weight excluding hydrogens is 242 g/mol. The van der Waals surface area contributed by atoms with Gasteiger partial charge in [0.2, 0.25) is 5.91 Å². The maximum atomic E-state index is 11.6. The maximum Gasteiger partial charge on any atom is 0.246 e. The topological polar surface area (TPSA) is 56.1 Å². The molecule has 0 atom stereocenters. The molecule has 1 rings (SSSR count). The van der Waals surface area contributed by atoms with Gasteiger partial charge >= 0.3 is 0 Å². The third-order valence-corrected chi connectivity index (χ3v) is 3.05. The molecule has 1 aromatic rings. The number of nitrogens with zero attached hydrogens (tertiary/aromatic N) is 2. The molecule has 0 spiro atoms. The van der Waals surface area contributed by atoms with Gasteiger partial charge in [-0.3, -0.25) is 4.79 Å². The molecule has 1 aromatic heterocycles. The zero-order valence-corrected chi connectivity index (χ0v) is 12.2. The lowest BCUT2D eigenvalue weighted by Gasteiger charge is -2.26. The molecule has 0 bridgehead atoms. The summed E-state index contributed by atoms with van der Waals surface area (Å²) >= 11 is 0. The van der Waals surface area contributed by atoms with Crippen molar-refractivity contribution in [1.82, 2.24) is 14.9 Å². The number of carbonyl (C=O) groups excluding carboxylic acids is 1. The van der Waals surface area contributed by atoms with E-state index < -0.39 is 0 Å². The molecule has 1 amide bonds. The van der Waals surface area contributed by atoms with E-state index in [0.717, 1.165) is 19.3 Å². The van der Waals surface area contributed by atoms with Gasteiger partial charge in [-0.25, -0.2) is 4.98 Å². The molecule has 108 valence electrons. The molecule has 19 heavy (non-hydrogen) atoms. The second kappa shape index (κ2) is 7.94. The molecule has 0 aliphatic rings. The second-order valence-electron chi connectivity index (χ2n) is 5.32. The fourth-order valence-electron chi connectivity index (χ4n) is 1.69. The van der Waals surface area contributed by atoms with Gasteiger partial charge in [0.25, 0.3) is 0 Å². The van der Waals surface area contributed by atoms with Crippen LogP contribution in [0.4, 0.5) is 0 Å². The van der Waals surface area contributed by atoms with Gasteiger partial charge < -0.3 is 14.6 Å². The van der Waals surface area contributed by atoms with E-state index in [1.165, 1.54) is 0 Å². The lowest BCUT2D eigenvalue weighted by atomic mass is 10.1. The average molecular weight is 267 g/mol. The van der Waals surface area contributed by atoms with Crippen molar-refractivity contribution in [3.8, 4) is 0 Å². The number of carbonyl (C=O) groups is 1. The van der Waals surface area contributed by atoms with Crippen LogP contribution in [0.3, 0.4) is 0 Å². The summed E-state index contributed by atoms with van der Waals surface area (Å²) in [7, 11) is 0. The van der Waals surface area contributed by atoms with E-state index in [1.807, 2.05) is 10.8 Å². The van der Waals surface area contributed by atoms with E-state index in [1.54, 1.807) is 12.5 Å². The van der Waals surface area contributed by atoms with Gasteiger partial charge in [-0.2, -0.15) is 0 Å². The SMILES string of the molecule is CCCCCOCC(=O)NCC(C)(C)n1ccnc1. The number of hydrogen-bond donors (Lipinski definition) is 1. The molecule has 1 heterocycles. The summed E-state index contributed by atoms with van der Waals surface area (Å²) < 4.78 is 7.30. The summed E-state index contributed by atoms with van der Waals surface area (Å²) in [5.41, 5.74) is -0.186. The van der Waals surface area contributed by atoms with Crippen molar-refractivity contribution in [3.05, 3.63) is 18.7 Å². The van der Waals surface area contributed by atoms with Crippen LogP contribution in [-0.4, -0.2) is 35.2 Å². The van der Waals surface area contributed by atoms with E-state index in [-0.39, 0.29) is 18.1 Å². The number of amides is 1. The van der Waals surface area contributed by atoms with E-state index in [2.05, 4.69) is 31.1 Å². The van der Waals surface area contributed by atoms with Crippen LogP contribution in [-0.2, 0) is 15.1 Å². The fourth-order valence-corrected chi connectivity index (χ4v) is 1.69. The van der Waals surface area contributed by atoms with E-state index >= 15 is 0 Å². The van der Waals surface area contributed by atoms with Crippen molar-refractivity contribution in [1.29, 1.82) is 0 Å². The predicted octanol–water partition coefficient (Wildman–Crippen LogP) is 1.94. The third-order valence-electron chi connectivity index (χ3n) is 3.05. The highest BCUT2D eigenvalue weighted by atomic mass is 16.5. The Kier molecular flexibility index (Phi) is 6.56. The normalized spacial score (nSPS) is 11.5. The van der Waals surface area contributed by atoms with E-state index in [9.17, 15) is 4.79 Å². The molecule has 0 aliphatic heterocycles. The molecule has 0 aromatic carbocycles. The van der Waals surface area contributed by atoms with Gasteiger partial charge in [0, 0.05) is 25.5 Å².